The van der Waals surface area contributed by atoms with E-state index >= 15 is 0 Å². The standard InChI is InChI=1S/C15H10Cl2N2OS/c16-7-9-2-1-3-10(6-9)15(20)19-13-11(17)4-5-12-14(13)18-8-21-12/h1-6,8H,7H2,(H,19,20). The quantitative estimate of drug-likeness (QED) is 0.688. The summed E-state index contributed by atoms with van der Waals surface area (Å²) in [7, 11) is 0. The number of hydrogen-bond donors (Lipinski definition) is 1. The van der Waals surface area contributed by atoms with Crippen molar-refractivity contribution in [2.75, 3.05) is 5.32 Å². The molecule has 2 aromatic carbocycles. The van der Waals surface area contributed by atoms with Gasteiger partial charge in [-0.3, -0.25) is 4.79 Å². The fourth-order valence-electron chi connectivity index (χ4n) is 2.01. The normalized spacial score (nSPS) is 10.8. The fraction of sp³-hybridized carbons (Fsp3) is 0.0667. The van der Waals surface area contributed by atoms with Crippen LogP contribution in [0.15, 0.2) is 41.9 Å². The number of amides is 1. The molecular formula is C15H10Cl2N2OS. The van der Waals surface area contributed by atoms with Crippen LogP contribution in [0.3, 0.4) is 0 Å². The molecule has 0 fully saturated rings. The first kappa shape index (κ1) is 14.3. The van der Waals surface area contributed by atoms with E-state index in [0.717, 1.165) is 10.3 Å². The zero-order valence-electron chi connectivity index (χ0n) is 10.8. The summed E-state index contributed by atoms with van der Waals surface area (Å²) in [6.07, 6.45) is 0. The van der Waals surface area contributed by atoms with E-state index in [0.29, 0.717) is 27.7 Å². The smallest absolute Gasteiger partial charge is 0.255 e. The van der Waals surface area contributed by atoms with Crippen LogP contribution in [-0.4, -0.2) is 10.9 Å². The number of anilines is 1. The Kier molecular flexibility index (Phi) is 4.10. The van der Waals surface area contributed by atoms with Crippen molar-refractivity contribution < 1.29 is 4.79 Å². The van der Waals surface area contributed by atoms with Gasteiger partial charge in [0.25, 0.3) is 5.91 Å². The highest BCUT2D eigenvalue weighted by Crippen LogP contribution is 2.32. The minimum absolute atomic E-state index is 0.232. The maximum Gasteiger partial charge on any atom is 0.255 e. The minimum atomic E-state index is -0.232. The van der Waals surface area contributed by atoms with Crippen LogP contribution in [0.5, 0.6) is 0 Å². The third-order valence-electron chi connectivity index (χ3n) is 3.03. The Bertz CT molecular complexity index is 816. The number of rotatable bonds is 3. The summed E-state index contributed by atoms with van der Waals surface area (Å²) in [5.41, 5.74) is 4.40. The number of nitrogens with zero attached hydrogens (tertiary/aromatic N) is 1. The number of nitrogens with one attached hydrogen (secondary N) is 1. The molecular weight excluding hydrogens is 327 g/mol. The minimum Gasteiger partial charge on any atom is -0.319 e. The highest BCUT2D eigenvalue weighted by Gasteiger charge is 2.13. The molecule has 0 radical (unpaired) electrons. The van der Waals surface area contributed by atoms with Gasteiger partial charge in [-0.25, -0.2) is 4.98 Å². The van der Waals surface area contributed by atoms with Crippen molar-refractivity contribution in [1.29, 1.82) is 0 Å². The van der Waals surface area contributed by atoms with Gasteiger partial charge in [0.2, 0.25) is 0 Å². The molecule has 6 heteroatoms. The second kappa shape index (κ2) is 6.02. The molecule has 0 atom stereocenters. The average Bonchev–Trinajstić information content (AvgIpc) is 2.99. The third kappa shape index (κ3) is 2.88. The van der Waals surface area contributed by atoms with E-state index in [1.165, 1.54) is 11.3 Å². The van der Waals surface area contributed by atoms with E-state index in [9.17, 15) is 4.79 Å². The number of aromatic nitrogens is 1. The van der Waals surface area contributed by atoms with Gasteiger partial charge in [0.05, 0.1) is 20.9 Å². The Morgan fingerprint density at radius 2 is 2.14 bits per heavy atom. The Hall–Kier alpha value is -1.62. The summed E-state index contributed by atoms with van der Waals surface area (Å²) in [4.78, 5) is 16.6. The number of fused-ring (bicyclic) bond motifs is 1. The van der Waals surface area contributed by atoms with E-state index in [2.05, 4.69) is 10.3 Å². The highest BCUT2D eigenvalue weighted by molar-refractivity contribution is 7.16. The van der Waals surface area contributed by atoms with E-state index in [1.54, 1.807) is 29.8 Å². The first-order valence-electron chi connectivity index (χ1n) is 6.17. The average molecular weight is 337 g/mol. The molecule has 21 heavy (non-hydrogen) atoms. The molecule has 106 valence electrons. The maximum atomic E-state index is 12.4. The summed E-state index contributed by atoms with van der Waals surface area (Å²) in [6, 6.07) is 10.8. The summed E-state index contributed by atoms with van der Waals surface area (Å²) < 4.78 is 0.976. The molecule has 3 nitrogen and oxygen atoms in total. The topological polar surface area (TPSA) is 42.0 Å². The maximum absolute atomic E-state index is 12.4. The molecule has 3 rings (SSSR count). The van der Waals surface area contributed by atoms with Crippen molar-refractivity contribution in [1.82, 2.24) is 4.98 Å². The number of thiazole rings is 1. The van der Waals surface area contributed by atoms with Crippen molar-refractivity contribution in [3.05, 3.63) is 58.1 Å². The lowest BCUT2D eigenvalue weighted by Crippen LogP contribution is -2.12. The predicted molar refractivity (Wildman–Crippen MR) is 88.6 cm³/mol. The Morgan fingerprint density at radius 3 is 2.95 bits per heavy atom. The molecule has 0 spiro atoms. The summed E-state index contributed by atoms with van der Waals surface area (Å²) >= 11 is 13.5. The monoisotopic (exact) mass is 336 g/mol. The second-order valence-electron chi connectivity index (χ2n) is 4.41. The SMILES string of the molecule is O=C(Nc1c(Cl)ccc2scnc12)c1cccc(CCl)c1. The lowest BCUT2D eigenvalue weighted by atomic mass is 10.1. The number of benzene rings is 2. The van der Waals surface area contributed by atoms with Crippen LogP contribution in [-0.2, 0) is 5.88 Å². The number of alkyl halides is 1. The summed E-state index contributed by atoms with van der Waals surface area (Å²) in [6.45, 7) is 0. The van der Waals surface area contributed by atoms with E-state index in [1.807, 2.05) is 12.1 Å². The molecule has 0 saturated carbocycles. The van der Waals surface area contributed by atoms with Gasteiger partial charge in [-0.15, -0.1) is 22.9 Å². The highest BCUT2D eigenvalue weighted by atomic mass is 35.5. The molecule has 1 amide bonds. The molecule has 0 aliphatic heterocycles. The molecule has 1 N–H and O–H groups in total. The molecule has 0 unspecified atom stereocenters. The van der Waals surface area contributed by atoms with Crippen LogP contribution < -0.4 is 5.32 Å². The lowest BCUT2D eigenvalue weighted by Gasteiger charge is -2.08. The Morgan fingerprint density at radius 1 is 1.29 bits per heavy atom. The third-order valence-corrected chi connectivity index (χ3v) is 4.45. The first-order valence-corrected chi connectivity index (χ1v) is 7.96. The molecule has 1 heterocycles. The van der Waals surface area contributed by atoms with Crippen LogP contribution in [0, 0.1) is 0 Å². The van der Waals surface area contributed by atoms with Gasteiger partial charge in [-0.05, 0) is 29.8 Å². The molecule has 0 saturated heterocycles. The van der Waals surface area contributed by atoms with Crippen LogP contribution in [0.4, 0.5) is 5.69 Å². The number of hydrogen-bond acceptors (Lipinski definition) is 3. The Labute approximate surface area is 135 Å². The molecule has 1 aromatic heterocycles. The van der Waals surface area contributed by atoms with Crippen LogP contribution in [0.2, 0.25) is 5.02 Å². The van der Waals surface area contributed by atoms with Crippen molar-refractivity contribution >= 4 is 56.3 Å². The van der Waals surface area contributed by atoms with Crippen molar-refractivity contribution in [3.8, 4) is 0 Å². The predicted octanol–water partition coefficient (Wildman–Crippen LogP) is 4.94. The largest absolute Gasteiger partial charge is 0.319 e. The molecule has 0 aliphatic carbocycles. The molecule has 3 aromatic rings. The van der Waals surface area contributed by atoms with Gasteiger partial charge in [0, 0.05) is 11.4 Å². The number of halogens is 2. The number of carbonyl (C=O) groups is 1. The Balaban J connectivity index is 1.96. The van der Waals surface area contributed by atoms with E-state index in [-0.39, 0.29) is 5.91 Å². The van der Waals surface area contributed by atoms with Gasteiger partial charge >= 0.3 is 0 Å². The van der Waals surface area contributed by atoms with Crippen LogP contribution in [0.1, 0.15) is 15.9 Å². The van der Waals surface area contributed by atoms with Gasteiger partial charge < -0.3 is 5.32 Å². The van der Waals surface area contributed by atoms with Crippen molar-refractivity contribution in [2.24, 2.45) is 0 Å². The van der Waals surface area contributed by atoms with Gasteiger partial charge in [-0.2, -0.15) is 0 Å². The van der Waals surface area contributed by atoms with Gasteiger partial charge in [0.15, 0.2) is 0 Å². The number of carbonyl (C=O) groups excluding carboxylic acids is 1. The van der Waals surface area contributed by atoms with E-state index < -0.39 is 0 Å². The van der Waals surface area contributed by atoms with E-state index in [4.69, 9.17) is 23.2 Å². The van der Waals surface area contributed by atoms with Crippen LogP contribution >= 0.6 is 34.5 Å². The zero-order valence-corrected chi connectivity index (χ0v) is 13.1. The molecule has 0 bridgehead atoms. The molecule has 0 aliphatic rings. The lowest BCUT2D eigenvalue weighted by molar-refractivity contribution is 0.102. The summed E-state index contributed by atoms with van der Waals surface area (Å²) in [5, 5.41) is 3.30. The van der Waals surface area contributed by atoms with Crippen LogP contribution in [0.25, 0.3) is 10.2 Å². The van der Waals surface area contributed by atoms with Gasteiger partial charge in [-0.1, -0.05) is 23.7 Å². The zero-order chi connectivity index (χ0) is 14.8. The van der Waals surface area contributed by atoms with Crippen molar-refractivity contribution in [3.63, 3.8) is 0 Å². The summed E-state index contributed by atoms with van der Waals surface area (Å²) in [5.74, 6) is 0.133. The second-order valence-corrected chi connectivity index (χ2v) is 5.97. The fourth-order valence-corrected chi connectivity index (χ4v) is 3.06. The first-order chi connectivity index (χ1) is 10.2. The van der Waals surface area contributed by atoms with Gasteiger partial charge in [0.1, 0.15) is 5.52 Å². The van der Waals surface area contributed by atoms with Crippen molar-refractivity contribution in [2.45, 2.75) is 5.88 Å².